The highest BCUT2D eigenvalue weighted by atomic mass is 79.9. The first-order valence-corrected chi connectivity index (χ1v) is 9.50. The second-order valence-electron chi connectivity index (χ2n) is 3.34. The molecule has 0 aromatic heterocycles. The van der Waals surface area contributed by atoms with Gasteiger partial charge in [0.25, 0.3) is 0 Å². The van der Waals surface area contributed by atoms with Gasteiger partial charge in [0.1, 0.15) is 0 Å². The summed E-state index contributed by atoms with van der Waals surface area (Å²) >= 11 is 3.21. The molecule has 4 heteroatoms. The molecule has 1 aromatic rings. The van der Waals surface area contributed by atoms with Crippen molar-refractivity contribution in [1.29, 1.82) is 0 Å². The highest BCUT2D eigenvalue weighted by Crippen LogP contribution is 2.13. The summed E-state index contributed by atoms with van der Waals surface area (Å²) in [6.45, 7) is 9.67. The maximum absolute atomic E-state index is 8.23. The average molecular weight is 370 g/mol. The van der Waals surface area contributed by atoms with E-state index < -0.39 is 0 Å². The van der Waals surface area contributed by atoms with Gasteiger partial charge in [-0.05, 0) is 45.5 Å². The molecule has 1 N–H and O–H groups in total. The molecule has 0 unspecified atom stereocenters. The monoisotopic (exact) mass is 369 g/mol. The fourth-order valence-corrected chi connectivity index (χ4v) is 2.14. The molecule has 0 aliphatic rings. The highest BCUT2D eigenvalue weighted by Gasteiger charge is 1.83. The number of rotatable bonds is 5. The minimum Gasteiger partial charge on any atom is -0.516 e. The number of hydrogen-bond acceptors (Lipinski definition) is 3. The molecule has 0 aliphatic carbocycles. The zero-order chi connectivity index (χ0) is 16.3. The predicted octanol–water partition coefficient (Wildman–Crippen LogP) is 6.65. The maximum atomic E-state index is 8.23. The van der Waals surface area contributed by atoms with Crippen LogP contribution >= 0.6 is 25.0 Å². The van der Waals surface area contributed by atoms with Crippen LogP contribution in [0.5, 0.6) is 0 Å². The Hall–Kier alpha value is -1.26. The molecule has 0 saturated carbocycles. The molecular formula is C17H24BrNOS. The molecule has 116 valence electrons. The normalized spacial score (nSPS) is 10.1. The SMILES string of the molecule is C=C(/C=C\C=C\O)CSBr.CC.CC=Nc1ccccc1. The van der Waals surface area contributed by atoms with Gasteiger partial charge >= 0.3 is 0 Å². The summed E-state index contributed by atoms with van der Waals surface area (Å²) in [6.07, 6.45) is 7.91. The Morgan fingerprint density at radius 1 is 1.29 bits per heavy atom. The number of aliphatic hydroxyl groups is 1. The molecule has 0 fully saturated rings. The van der Waals surface area contributed by atoms with E-state index in [9.17, 15) is 0 Å². The standard InChI is InChI=1S/C8H9N.C7H9BrOS.C2H6/c1-2-9-8-6-4-3-5-7-8;1-7(6-10-8)4-2-3-5-9;1-2/h2-7H,1H3;2-5,9H,1,6H2;1-2H3/b;4-2-,5-3+;. The molecule has 0 aliphatic heterocycles. The zero-order valence-electron chi connectivity index (χ0n) is 12.9. The Labute approximate surface area is 140 Å². The topological polar surface area (TPSA) is 32.6 Å². The van der Waals surface area contributed by atoms with E-state index in [0.29, 0.717) is 0 Å². The van der Waals surface area contributed by atoms with Gasteiger partial charge in [0.2, 0.25) is 0 Å². The highest BCUT2D eigenvalue weighted by molar-refractivity contribution is 9.50. The van der Waals surface area contributed by atoms with Crippen molar-refractivity contribution in [1.82, 2.24) is 0 Å². The quantitative estimate of drug-likeness (QED) is 0.358. The fraction of sp³-hybridized carbons (Fsp3) is 0.235. The van der Waals surface area contributed by atoms with E-state index in [0.717, 1.165) is 23.3 Å². The van der Waals surface area contributed by atoms with Crippen molar-refractivity contribution in [3.05, 3.63) is 67.0 Å². The molecular weight excluding hydrogens is 346 g/mol. The zero-order valence-corrected chi connectivity index (χ0v) is 15.3. The third-order valence-electron chi connectivity index (χ3n) is 1.80. The minimum atomic E-state index is 0.857. The van der Waals surface area contributed by atoms with Crippen molar-refractivity contribution in [2.24, 2.45) is 4.99 Å². The second-order valence-corrected chi connectivity index (χ2v) is 5.22. The molecule has 0 heterocycles. The van der Waals surface area contributed by atoms with Crippen molar-refractivity contribution < 1.29 is 5.11 Å². The van der Waals surface area contributed by atoms with E-state index in [4.69, 9.17) is 5.11 Å². The number of aliphatic hydroxyl groups excluding tert-OH is 1. The van der Waals surface area contributed by atoms with Crippen LogP contribution < -0.4 is 0 Å². The van der Waals surface area contributed by atoms with E-state index in [2.05, 4.69) is 26.4 Å². The number of allylic oxidation sites excluding steroid dienone is 3. The summed E-state index contributed by atoms with van der Waals surface area (Å²) in [5.41, 5.74) is 2.03. The third kappa shape index (κ3) is 16.7. The van der Waals surface area contributed by atoms with Crippen molar-refractivity contribution in [2.45, 2.75) is 20.8 Å². The summed E-state index contributed by atoms with van der Waals surface area (Å²) in [5.74, 6) is 0.857. The number of nitrogens with zero attached hydrogens (tertiary/aromatic N) is 1. The van der Waals surface area contributed by atoms with Crippen LogP contribution in [0, 0.1) is 0 Å². The lowest BCUT2D eigenvalue weighted by molar-refractivity contribution is 0.474. The summed E-state index contributed by atoms with van der Waals surface area (Å²) in [6, 6.07) is 9.87. The molecule has 21 heavy (non-hydrogen) atoms. The number of benzene rings is 1. The third-order valence-corrected chi connectivity index (χ3v) is 2.97. The lowest BCUT2D eigenvalue weighted by Crippen LogP contribution is -1.74. The van der Waals surface area contributed by atoms with Crippen LogP contribution in [0.25, 0.3) is 0 Å². The molecule has 0 radical (unpaired) electrons. The van der Waals surface area contributed by atoms with Gasteiger partial charge in [-0.25, -0.2) is 0 Å². The Morgan fingerprint density at radius 3 is 2.38 bits per heavy atom. The lowest BCUT2D eigenvalue weighted by Gasteiger charge is -1.90. The van der Waals surface area contributed by atoms with Gasteiger partial charge in [-0.2, -0.15) is 0 Å². The van der Waals surface area contributed by atoms with Crippen molar-refractivity contribution in [3.63, 3.8) is 0 Å². The van der Waals surface area contributed by atoms with Crippen LogP contribution in [0.15, 0.2) is 72.0 Å². The van der Waals surface area contributed by atoms with Crippen LogP contribution in [0.1, 0.15) is 20.8 Å². The first-order chi connectivity index (χ1) is 10.2. The fourth-order valence-electron chi connectivity index (χ4n) is 1.02. The van der Waals surface area contributed by atoms with Crippen LogP contribution in [0.2, 0.25) is 0 Å². The largest absolute Gasteiger partial charge is 0.516 e. The Balaban J connectivity index is 0. The Kier molecular flexibility index (Phi) is 19.7. The van der Waals surface area contributed by atoms with Gasteiger partial charge in [-0.3, -0.25) is 4.99 Å². The van der Waals surface area contributed by atoms with Crippen LogP contribution in [-0.2, 0) is 0 Å². The Bertz CT molecular complexity index is 428. The lowest BCUT2D eigenvalue weighted by atomic mass is 10.3. The first-order valence-electron chi connectivity index (χ1n) is 6.67. The number of para-hydroxylation sites is 1. The predicted molar refractivity (Wildman–Crippen MR) is 103 cm³/mol. The van der Waals surface area contributed by atoms with Gasteiger partial charge in [-0.1, -0.05) is 61.0 Å². The van der Waals surface area contributed by atoms with E-state index >= 15 is 0 Å². The summed E-state index contributed by atoms with van der Waals surface area (Å²) < 4.78 is 0. The van der Waals surface area contributed by atoms with Gasteiger partial charge < -0.3 is 5.11 Å². The summed E-state index contributed by atoms with van der Waals surface area (Å²) in [4.78, 5) is 4.08. The van der Waals surface area contributed by atoms with Crippen LogP contribution in [-0.4, -0.2) is 17.1 Å². The van der Waals surface area contributed by atoms with E-state index in [1.807, 2.05) is 57.2 Å². The number of halogens is 1. The van der Waals surface area contributed by atoms with Gasteiger partial charge in [-0.15, -0.1) is 0 Å². The first kappa shape index (κ1) is 22.0. The van der Waals surface area contributed by atoms with E-state index in [1.165, 1.54) is 0 Å². The molecule has 2 nitrogen and oxygen atoms in total. The van der Waals surface area contributed by atoms with E-state index in [1.54, 1.807) is 28.6 Å². The molecule has 0 saturated heterocycles. The van der Waals surface area contributed by atoms with Crippen LogP contribution in [0.3, 0.4) is 0 Å². The van der Waals surface area contributed by atoms with Crippen LogP contribution in [0.4, 0.5) is 5.69 Å². The molecule has 0 amide bonds. The maximum Gasteiger partial charge on any atom is 0.0791 e. The number of hydrogen-bond donors (Lipinski definition) is 1. The molecule has 1 rings (SSSR count). The molecule has 0 atom stereocenters. The summed E-state index contributed by atoms with van der Waals surface area (Å²) in [7, 11) is 1.54. The minimum absolute atomic E-state index is 0.857. The van der Waals surface area contributed by atoms with Crippen molar-refractivity contribution in [3.8, 4) is 0 Å². The van der Waals surface area contributed by atoms with Gasteiger partial charge in [0.05, 0.1) is 11.9 Å². The summed E-state index contributed by atoms with van der Waals surface area (Å²) in [5, 5.41) is 8.23. The second kappa shape index (κ2) is 18.7. The molecule has 0 bridgehead atoms. The molecule has 0 spiro atoms. The molecule has 1 aromatic carbocycles. The van der Waals surface area contributed by atoms with Crippen molar-refractivity contribution >= 4 is 36.9 Å². The van der Waals surface area contributed by atoms with E-state index in [-0.39, 0.29) is 0 Å². The Morgan fingerprint density at radius 2 is 1.90 bits per heavy atom. The van der Waals surface area contributed by atoms with Crippen molar-refractivity contribution in [2.75, 3.05) is 5.75 Å². The van der Waals surface area contributed by atoms with Gasteiger partial charge in [0, 0.05) is 12.0 Å². The average Bonchev–Trinajstić information content (AvgIpc) is 2.52. The number of aliphatic imine (C=N–C) groups is 1. The smallest absolute Gasteiger partial charge is 0.0791 e. The van der Waals surface area contributed by atoms with Gasteiger partial charge in [0.15, 0.2) is 0 Å².